The van der Waals surface area contributed by atoms with Crippen LogP contribution in [0.3, 0.4) is 0 Å². The molecule has 0 radical (unpaired) electrons. The summed E-state index contributed by atoms with van der Waals surface area (Å²) >= 11 is 0. The van der Waals surface area contributed by atoms with Crippen LogP contribution in [0, 0.1) is 29.6 Å². The monoisotopic (exact) mass is 739 g/mol. The molecule has 0 spiro atoms. The van der Waals surface area contributed by atoms with E-state index < -0.39 is 18.0 Å². The van der Waals surface area contributed by atoms with E-state index in [4.69, 9.17) is 19.5 Å². The second-order valence-electron chi connectivity index (χ2n) is 15.5. The summed E-state index contributed by atoms with van der Waals surface area (Å²) in [7, 11) is 2.88. The molecule has 3 fully saturated rings. The van der Waals surface area contributed by atoms with E-state index in [0.29, 0.717) is 18.4 Å². The molecular formula is C45H49N5O5. The zero-order valence-corrected chi connectivity index (χ0v) is 31.7. The number of carbonyl (C=O) groups excluding carboxylic acids is 3. The zero-order chi connectivity index (χ0) is 38.1. The normalized spacial score (nSPS) is 24.0. The lowest BCUT2D eigenvalue weighted by Crippen LogP contribution is -2.41. The van der Waals surface area contributed by atoms with Crippen molar-refractivity contribution in [1.82, 2.24) is 14.9 Å². The number of methoxy groups -OCH3 is 2. The first-order valence-corrected chi connectivity index (χ1v) is 19.6. The maximum atomic E-state index is 13.7. The standard InChI is InChI=1S/C45H49N5O5/c1-27(54-2)36(24-40(51)55-3)45(53)50-21-7-10-39(50)43-47-26-38(49-43)31-17-15-29(16-18-31)28-11-13-30(14-12-28)34-23-37(46-25-34)41-32-19-20-33(22-32)42(41)44(52)48-35-8-5-4-6-9-35/h4-6,8-9,11-18,25-27,32-33,36,39,41-42H,7,10,19-24H2,1-3H3,(H,47,49)(H,48,52)/t27-,32?,33?,36+,39?,41+,42-/m1/s1. The number of aromatic nitrogens is 2. The Morgan fingerprint density at radius 1 is 0.891 bits per heavy atom. The lowest BCUT2D eigenvalue weighted by Gasteiger charge is -2.30. The van der Waals surface area contributed by atoms with E-state index >= 15 is 0 Å². The van der Waals surface area contributed by atoms with Crippen molar-refractivity contribution in [2.45, 2.75) is 64.0 Å². The van der Waals surface area contributed by atoms with Gasteiger partial charge >= 0.3 is 5.97 Å². The number of fused-ring (bicyclic) bond motifs is 2. The molecule has 2 aliphatic carbocycles. The number of para-hydroxylation sites is 1. The Bertz CT molecular complexity index is 2090. The van der Waals surface area contributed by atoms with Crippen LogP contribution < -0.4 is 5.32 Å². The number of hydrogen-bond donors (Lipinski definition) is 2. The van der Waals surface area contributed by atoms with Crippen LogP contribution in [0.2, 0.25) is 0 Å². The molecule has 10 nitrogen and oxygen atoms in total. The summed E-state index contributed by atoms with van der Waals surface area (Å²) in [6.45, 7) is 2.41. The number of esters is 1. The van der Waals surface area contributed by atoms with E-state index in [1.54, 1.807) is 7.11 Å². The molecule has 4 aromatic rings. The SMILES string of the molecule is COC(=O)C[C@H](C(=O)N1CCCC1c1ncc(-c2ccc(-c3ccc(C4=CN=C([C@@H]5C6CCC(C6)[C@H]5C(=O)Nc5ccccc5)C4)cc3)cc2)[nH]1)[C@@H](C)OC. The van der Waals surface area contributed by atoms with Crippen molar-refractivity contribution in [3.63, 3.8) is 0 Å². The number of carbonyl (C=O) groups is 3. The number of ether oxygens (including phenoxy) is 2. The van der Waals surface area contributed by atoms with Gasteiger partial charge in [0.2, 0.25) is 11.8 Å². The van der Waals surface area contributed by atoms with E-state index in [0.717, 1.165) is 77.3 Å². The Labute approximate surface area is 322 Å². The summed E-state index contributed by atoms with van der Waals surface area (Å²) in [5.41, 5.74) is 8.49. The van der Waals surface area contributed by atoms with Crippen molar-refractivity contribution in [2.24, 2.45) is 34.6 Å². The number of nitrogens with one attached hydrogen (secondary N) is 2. The highest BCUT2D eigenvalue weighted by atomic mass is 16.5. The van der Waals surface area contributed by atoms with E-state index in [1.807, 2.05) is 54.6 Å². The Morgan fingerprint density at radius 3 is 2.29 bits per heavy atom. The third-order valence-corrected chi connectivity index (χ3v) is 12.5. The van der Waals surface area contributed by atoms with Gasteiger partial charge in [-0.3, -0.25) is 19.4 Å². The van der Waals surface area contributed by atoms with Crippen molar-refractivity contribution in [3.05, 3.63) is 103 Å². The fourth-order valence-corrected chi connectivity index (χ4v) is 9.50. The van der Waals surface area contributed by atoms with Crippen molar-refractivity contribution < 1.29 is 23.9 Å². The minimum Gasteiger partial charge on any atom is -0.469 e. The van der Waals surface area contributed by atoms with Gasteiger partial charge in [0.25, 0.3) is 0 Å². The van der Waals surface area contributed by atoms with Crippen molar-refractivity contribution >= 4 is 34.8 Å². The molecule has 8 rings (SSSR count). The molecule has 3 aromatic carbocycles. The number of H-pyrrole nitrogens is 1. The van der Waals surface area contributed by atoms with Gasteiger partial charge in [-0.1, -0.05) is 66.7 Å². The van der Waals surface area contributed by atoms with Gasteiger partial charge in [0.05, 0.1) is 43.5 Å². The smallest absolute Gasteiger partial charge is 0.306 e. The second kappa shape index (κ2) is 15.8. The van der Waals surface area contributed by atoms with Crippen LogP contribution in [0.4, 0.5) is 5.69 Å². The number of aromatic amines is 1. The molecule has 2 amide bonds. The van der Waals surface area contributed by atoms with Crippen LogP contribution in [-0.4, -0.2) is 65.2 Å². The molecule has 55 heavy (non-hydrogen) atoms. The van der Waals surface area contributed by atoms with Crippen molar-refractivity contribution in [1.29, 1.82) is 0 Å². The lowest BCUT2D eigenvalue weighted by atomic mass is 9.75. The highest BCUT2D eigenvalue weighted by Crippen LogP contribution is 2.54. The van der Waals surface area contributed by atoms with Gasteiger partial charge in [0, 0.05) is 49.5 Å². The van der Waals surface area contributed by atoms with Gasteiger partial charge in [0.15, 0.2) is 0 Å². The quantitative estimate of drug-likeness (QED) is 0.142. The zero-order valence-electron chi connectivity index (χ0n) is 31.7. The van der Waals surface area contributed by atoms with Gasteiger partial charge in [-0.05, 0) is 90.8 Å². The van der Waals surface area contributed by atoms with Crippen LogP contribution in [0.1, 0.15) is 69.3 Å². The van der Waals surface area contributed by atoms with Crippen LogP contribution >= 0.6 is 0 Å². The van der Waals surface area contributed by atoms with Gasteiger partial charge in [-0.25, -0.2) is 4.98 Å². The van der Waals surface area contributed by atoms with Gasteiger partial charge < -0.3 is 24.7 Å². The molecule has 3 heterocycles. The van der Waals surface area contributed by atoms with Gasteiger partial charge in [0.1, 0.15) is 5.82 Å². The van der Waals surface area contributed by atoms with Crippen molar-refractivity contribution in [2.75, 3.05) is 26.1 Å². The average molecular weight is 740 g/mol. The van der Waals surface area contributed by atoms with Crippen molar-refractivity contribution in [3.8, 4) is 22.4 Å². The van der Waals surface area contributed by atoms with E-state index in [2.05, 4.69) is 58.8 Å². The molecule has 2 bridgehead atoms. The molecular weight excluding hydrogens is 691 g/mol. The number of imidazole rings is 1. The van der Waals surface area contributed by atoms with Crippen LogP contribution in [0.25, 0.3) is 28.0 Å². The Hall–Kier alpha value is -5.35. The predicted molar refractivity (Wildman–Crippen MR) is 213 cm³/mol. The van der Waals surface area contributed by atoms with Crippen LogP contribution in [-0.2, 0) is 23.9 Å². The lowest BCUT2D eigenvalue weighted by molar-refractivity contribution is -0.151. The number of rotatable bonds is 12. The largest absolute Gasteiger partial charge is 0.469 e. The number of likely N-dealkylation sites (tertiary alicyclic amines) is 1. The summed E-state index contributed by atoms with van der Waals surface area (Å²) in [6, 6.07) is 26.7. The maximum absolute atomic E-state index is 13.7. The molecule has 7 atom stereocenters. The third kappa shape index (κ3) is 7.40. The summed E-state index contributed by atoms with van der Waals surface area (Å²) in [4.78, 5) is 54.3. The molecule has 1 saturated heterocycles. The predicted octanol–water partition coefficient (Wildman–Crippen LogP) is 8.11. The minimum atomic E-state index is -0.630. The molecule has 3 unspecified atom stereocenters. The molecule has 2 N–H and O–H groups in total. The fraction of sp³-hybridized carbons (Fsp3) is 0.400. The van der Waals surface area contributed by atoms with Crippen LogP contribution in [0.5, 0.6) is 0 Å². The number of anilines is 1. The first-order valence-electron chi connectivity index (χ1n) is 19.6. The van der Waals surface area contributed by atoms with E-state index in [9.17, 15) is 14.4 Å². The summed E-state index contributed by atoms with van der Waals surface area (Å²) in [5, 5.41) is 3.19. The molecule has 284 valence electrons. The Balaban J connectivity index is 0.900. The van der Waals surface area contributed by atoms with E-state index in [-0.39, 0.29) is 36.1 Å². The number of aliphatic imine (C=N–C) groups is 1. The topological polar surface area (TPSA) is 126 Å². The highest BCUT2D eigenvalue weighted by Gasteiger charge is 2.53. The molecule has 10 heteroatoms. The first-order chi connectivity index (χ1) is 26.8. The number of benzene rings is 3. The second-order valence-corrected chi connectivity index (χ2v) is 15.5. The average Bonchev–Trinajstić information content (AvgIpc) is 4.08. The Morgan fingerprint density at radius 2 is 1.58 bits per heavy atom. The fourth-order valence-electron chi connectivity index (χ4n) is 9.50. The molecule has 2 aliphatic heterocycles. The number of allylic oxidation sites excluding steroid dienone is 1. The Kier molecular flexibility index (Phi) is 10.5. The third-order valence-electron chi connectivity index (χ3n) is 12.5. The summed E-state index contributed by atoms with van der Waals surface area (Å²) in [5.74, 6) is 0.841. The first kappa shape index (κ1) is 36.6. The number of amides is 2. The minimum absolute atomic E-state index is 0.0205. The number of nitrogens with zero attached hydrogens (tertiary/aromatic N) is 3. The van der Waals surface area contributed by atoms with E-state index in [1.165, 1.54) is 19.1 Å². The van der Waals surface area contributed by atoms with Gasteiger partial charge in [-0.15, -0.1) is 0 Å². The summed E-state index contributed by atoms with van der Waals surface area (Å²) < 4.78 is 10.3. The maximum Gasteiger partial charge on any atom is 0.306 e. The number of hydrogen-bond acceptors (Lipinski definition) is 7. The molecule has 2 saturated carbocycles. The molecule has 1 aromatic heterocycles. The molecule has 4 aliphatic rings. The van der Waals surface area contributed by atoms with Crippen LogP contribution in [0.15, 0.2) is 96.3 Å². The highest BCUT2D eigenvalue weighted by molar-refractivity contribution is 6.04. The van der Waals surface area contributed by atoms with Gasteiger partial charge in [-0.2, -0.15) is 0 Å². The summed E-state index contributed by atoms with van der Waals surface area (Å²) in [6.07, 6.45) is 9.24.